The second kappa shape index (κ2) is 11.1. The highest BCUT2D eigenvalue weighted by atomic mass is 16.5. The molecule has 92 valence electrons. The molecule has 3 heteroatoms. The second-order valence-corrected chi connectivity index (χ2v) is 3.01. The minimum absolute atomic E-state index is 0.0491. The lowest BCUT2D eigenvalue weighted by Crippen LogP contribution is -2.14. The topological polar surface area (TPSA) is 46.5 Å². The van der Waals surface area contributed by atoms with E-state index in [4.69, 9.17) is 0 Å². The zero-order valence-electron chi connectivity index (χ0n) is 10.4. The zero-order chi connectivity index (χ0) is 13.6. The SMILES string of the molecule is CC#CC#CC#CC=CC=CC(O)COC(C)=O. The Hall–Kier alpha value is -2.41. The van der Waals surface area contributed by atoms with Crippen molar-refractivity contribution in [3.8, 4) is 35.5 Å². The molecule has 0 aromatic carbocycles. The van der Waals surface area contributed by atoms with E-state index in [-0.39, 0.29) is 6.61 Å². The number of esters is 1. The molecule has 0 aliphatic rings. The number of carbonyl (C=O) groups is 1. The van der Waals surface area contributed by atoms with Gasteiger partial charge in [-0.1, -0.05) is 30.1 Å². The molecule has 0 heterocycles. The van der Waals surface area contributed by atoms with E-state index >= 15 is 0 Å². The van der Waals surface area contributed by atoms with Crippen molar-refractivity contribution >= 4 is 5.97 Å². The first-order valence-electron chi connectivity index (χ1n) is 5.24. The summed E-state index contributed by atoms with van der Waals surface area (Å²) in [6.07, 6.45) is 5.53. The predicted molar refractivity (Wildman–Crippen MR) is 69.9 cm³/mol. The summed E-state index contributed by atoms with van der Waals surface area (Å²) in [5.41, 5.74) is 0. The molecule has 0 aromatic heterocycles. The molecule has 0 aliphatic heterocycles. The van der Waals surface area contributed by atoms with Gasteiger partial charge < -0.3 is 9.84 Å². The fourth-order valence-corrected chi connectivity index (χ4v) is 0.757. The van der Waals surface area contributed by atoms with Gasteiger partial charge in [0.2, 0.25) is 0 Å². The second-order valence-electron chi connectivity index (χ2n) is 3.01. The maximum atomic E-state index is 10.5. The molecule has 0 aliphatic carbocycles. The minimum atomic E-state index is -0.814. The van der Waals surface area contributed by atoms with Crippen LogP contribution in [0.2, 0.25) is 0 Å². The molecule has 0 spiro atoms. The van der Waals surface area contributed by atoms with Crippen molar-refractivity contribution in [1.29, 1.82) is 0 Å². The summed E-state index contributed by atoms with van der Waals surface area (Å²) in [5.74, 6) is 15.1. The van der Waals surface area contributed by atoms with Gasteiger partial charge in [0, 0.05) is 6.92 Å². The molecule has 0 fully saturated rings. The van der Waals surface area contributed by atoms with Crippen molar-refractivity contribution in [2.24, 2.45) is 0 Å². The van der Waals surface area contributed by atoms with E-state index in [0.29, 0.717) is 0 Å². The van der Waals surface area contributed by atoms with Crippen molar-refractivity contribution < 1.29 is 14.6 Å². The first kappa shape index (κ1) is 15.6. The number of hydrogen-bond donors (Lipinski definition) is 1. The van der Waals surface area contributed by atoms with Crippen molar-refractivity contribution in [3.05, 3.63) is 24.3 Å². The highest BCUT2D eigenvalue weighted by Crippen LogP contribution is 1.89. The third-order valence-electron chi connectivity index (χ3n) is 1.47. The van der Waals surface area contributed by atoms with E-state index < -0.39 is 12.1 Å². The van der Waals surface area contributed by atoms with Crippen LogP contribution in [0.4, 0.5) is 0 Å². The lowest BCUT2D eigenvalue weighted by Gasteiger charge is -2.03. The standard InChI is InChI=1S/C15H14O3/c1-3-4-5-6-7-8-9-10-11-12-15(17)13-18-14(2)16/h9-12,15,17H,13H2,1-2H3. The van der Waals surface area contributed by atoms with Crippen LogP contribution in [-0.2, 0) is 9.53 Å². The van der Waals surface area contributed by atoms with Gasteiger partial charge in [0.05, 0.1) is 0 Å². The molecule has 3 nitrogen and oxygen atoms in total. The Morgan fingerprint density at radius 3 is 2.67 bits per heavy atom. The Labute approximate surface area is 108 Å². The third-order valence-corrected chi connectivity index (χ3v) is 1.47. The van der Waals surface area contributed by atoms with E-state index in [1.165, 1.54) is 13.0 Å². The van der Waals surface area contributed by atoms with Gasteiger partial charge in [-0.2, -0.15) is 0 Å². The summed E-state index contributed by atoms with van der Waals surface area (Å²) in [6, 6.07) is 0. The summed E-state index contributed by atoms with van der Waals surface area (Å²) in [7, 11) is 0. The average molecular weight is 242 g/mol. The van der Waals surface area contributed by atoms with Gasteiger partial charge in [-0.25, -0.2) is 0 Å². The van der Waals surface area contributed by atoms with Gasteiger partial charge in [-0.15, -0.1) is 0 Å². The summed E-state index contributed by atoms with van der Waals surface area (Å²) >= 11 is 0. The van der Waals surface area contributed by atoms with Gasteiger partial charge in [0.25, 0.3) is 0 Å². The first-order valence-corrected chi connectivity index (χ1v) is 5.24. The molecule has 0 saturated carbocycles. The molecule has 1 unspecified atom stereocenters. The van der Waals surface area contributed by atoms with E-state index in [2.05, 4.69) is 40.3 Å². The molecular formula is C15H14O3. The van der Waals surface area contributed by atoms with Crippen LogP contribution in [0.15, 0.2) is 24.3 Å². The van der Waals surface area contributed by atoms with Crippen molar-refractivity contribution in [3.63, 3.8) is 0 Å². The zero-order valence-corrected chi connectivity index (χ0v) is 10.4. The minimum Gasteiger partial charge on any atom is -0.463 e. The molecule has 0 aromatic rings. The number of allylic oxidation sites excluding steroid dienone is 3. The number of hydrogen-bond acceptors (Lipinski definition) is 3. The third kappa shape index (κ3) is 11.7. The van der Waals surface area contributed by atoms with Gasteiger partial charge in [-0.05, 0) is 36.7 Å². The van der Waals surface area contributed by atoms with Crippen LogP contribution in [0.25, 0.3) is 0 Å². The number of ether oxygens (including phenoxy) is 1. The maximum absolute atomic E-state index is 10.5. The summed E-state index contributed by atoms with van der Waals surface area (Å²) in [4.78, 5) is 10.5. The Morgan fingerprint density at radius 1 is 1.28 bits per heavy atom. The van der Waals surface area contributed by atoms with Crippen LogP contribution in [0, 0.1) is 35.5 Å². The smallest absolute Gasteiger partial charge is 0.302 e. The van der Waals surface area contributed by atoms with Crippen LogP contribution < -0.4 is 0 Å². The molecule has 1 N–H and O–H groups in total. The van der Waals surface area contributed by atoms with E-state index in [1.807, 2.05) is 0 Å². The quantitative estimate of drug-likeness (QED) is 0.455. The van der Waals surface area contributed by atoms with Crippen LogP contribution in [-0.4, -0.2) is 23.8 Å². The maximum Gasteiger partial charge on any atom is 0.302 e. The Bertz CT molecular complexity index is 493. The van der Waals surface area contributed by atoms with Crippen molar-refractivity contribution in [1.82, 2.24) is 0 Å². The lowest BCUT2D eigenvalue weighted by atomic mass is 10.3. The van der Waals surface area contributed by atoms with Gasteiger partial charge in [-0.3, -0.25) is 4.79 Å². The normalized spacial score (nSPS) is 10.6. The molecule has 1 atom stereocenters. The number of aliphatic hydroxyl groups excluding tert-OH is 1. The van der Waals surface area contributed by atoms with E-state index in [0.717, 1.165) is 0 Å². The molecule has 0 radical (unpaired) electrons. The summed E-state index contributed by atoms with van der Waals surface area (Å²) in [5, 5.41) is 9.33. The predicted octanol–water partition coefficient (Wildman–Crippen LogP) is 1.05. The fraction of sp³-hybridized carbons (Fsp3) is 0.267. The Balaban J connectivity index is 3.97. The molecule has 0 amide bonds. The van der Waals surface area contributed by atoms with E-state index in [1.54, 1.807) is 25.2 Å². The molecule has 18 heavy (non-hydrogen) atoms. The van der Waals surface area contributed by atoms with Crippen LogP contribution in [0.1, 0.15) is 13.8 Å². The van der Waals surface area contributed by atoms with Crippen molar-refractivity contribution in [2.75, 3.05) is 6.61 Å². The average Bonchev–Trinajstić information content (AvgIpc) is 2.34. The highest BCUT2D eigenvalue weighted by molar-refractivity contribution is 5.65. The van der Waals surface area contributed by atoms with Gasteiger partial charge >= 0.3 is 5.97 Å². The Morgan fingerprint density at radius 2 is 2.00 bits per heavy atom. The molecule has 0 rings (SSSR count). The first-order chi connectivity index (χ1) is 8.66. The van der Waals surface area contributed by atoms with Gasteiger partial charge in [0.1, 0.15) is 12.7 Å². The molecule has 0 bridgehead atoms. The molecular weight excluding hydrogens is 228 g/mol. The number of aliphatic hydroxyl groups is 1. The fourth-order valence-electron chi connectivity index (χ4n) is 0.757. The largest absolute Gasteiger partial charge is 0.463 e. The van der Waals surface area contributed by atoms with E-state index in [9.17, 15) is 9.90 Å². The van der Waals surface area contributed by atoms with Gasteiger partial charge in [0.15, 0.2) is 0 Å². The summed E-state index contributed by atoms with van der Waals surface area (Å²) < 4.78 is 4.61. The highest BCUT2D eigenvalue weighted by Gasteiger charge is 1.99. The van der Waals surface area contributed by atoms with Crippen LogP contribution >= 0.6 is 0 Å². The van der Waals surface area contributed by atoms with Crippen LogP contribution in [0.3, 0.4) is 0 Å². The lowest BCUT2D eigenvalue weighted by molar-refractivity contribution is -0.143. The monoisotopic (exact) mass is 242 g/mol. The number of carbonyl (C=O) groups excluding carboxylic acids is 1. The number of rotatable bonds is 4. The summed E-state index contributed by atoms with van der Waals surface area (Å²) in [6.45, 7) is 2.94. The van der Waals surface area contributed by atoms with Crippen molar-refractivity contribution in [2.45, 2.75) is 20.0 Å². The Kier molecular flexibility index (Phi) is 9.60. The molecule has 0 saturated heterocycles. The van der Waals surface area contributed by atoms with Crippen LogP contribution in [0.5, 0.6) is 0 Å².